The highest BCUT2D eigenvalue weighted by Gasteiger charge is 2.18. The summed E-state index contributed by atoms with van der Waals surface area (Å²) in [5, 5.41) is 2.95. The predicted octanol–water partition coefficient (Wildman–Crippen LogP) is 1.73. The summed E-state index contributed by atoms with van der Waals surface area (Å²) in [6.45, 7) is 3.69. The third-order valence-electron chi connectivity index (χ3n) is 3.37. The highest BCUT2D eigenvalue weighted by atomic mass is 16.5. The molecule has 1 fully saturated rings. The van der Waals surface area contributed by atoms with Crippen molar-refractivity contribution in [3.8, 4) is 0 Å². The molecule has 0 saturated heterocycles. The van der Waals surface area contributed by atoms with Crippen LogP contribution in [0.1, 0.15) is 39.0 Å². The number of nitrogens with one attached hydrogen (secondary N) is 1. The van der Waals surface area contributed by atoms with Crippen LogP contribution >= 0.6 is 0 Å². The first kappa shape index (κ1) is 14.5. The minimum Gasteiger partial charge on any atom is -0.465 e. The molecular formula is C13H25NO3. The summed E-state index contributed by atoms with van der Waals surface area (Å²) in [5.41, 5.74) is 0. The van der Waals surface area contributed by atoms with E-state index in [0.717, 1.165) is 12.5 Å². The molecule has 1 atom stereocenters. The van der Waals surface area contributed by atoms with Crippen molar-refractivity contribution in [2.24, 2.45) is 5.92 Å². The number of esters is 1. The molecule has 4 heteroatoms. The molecule has 4 nitrogen and oxygen atoms in total. The molecule has 0 aliphatic heterocycles. The fraction of sp³-hybridized carbons (Fsp3) is 0.923. The van der Waals surface area contributed by atoms with Crippen molar-refractivity contribution >= 4 is 5.97 Å². The summed E-state index contributed by atoms with van der Waals surface area (Å²) in [6.07, 6.45) is 5.97. The van der Waals surface area contributed by atoms with Gasteiger partial charge in [0, 0.05) is 13.2 Å². The van der Waals surface area contributed by atoms with E-state index in [1.165, 1.54) is 25.7 Å². The molecule has 1 aliphatic carbocycles. The lowest BCUT2D eigenvalue weighted by Gasteiger charge is -2.25. The number of carbonyl (C=O) groups is 1. The largest absolute Gasteiger partial charge is 0.465 e. The topological polar surface area (TPSA) is 47.6 Å². The number of likely N-dealkylation sites (N-methyl/N-ethyl adjacent to an activating group) is 1. The molecule has 1 rings (SSSR count). The molecule has 0 heterocycles. The molecule has 0 amide bonds. The van der Waals surface area contributed by atoms with Gasteiger partial charge in [-0.05, 0) is 32.7 Å². The van der Waals surface area contributed by atoms with Crippen LogP contribution in [0, 0.1) is 5.92 Å². The van der Waals surface area contributed by atoms with E-state index >= 15 is 0 Å². The maximum absolute atomic E-state index is 11.5. The predicted molar refractivity (Wildman–Crippen MR) is 66.9 cm³/mol. The van der Waals surface area contributed by atoms with Gasteiger partial charge in [-0.2, -0.15) is 0 Å². The minimum atomic E-state index is -0.237. The van der Waals surface area contributed by atoms with Crippen molar-refractivity contribution in [1.82, 2.24) is 5.32 Å². The Morgan fingerprint density at radius 3 is 2.71 bits per heavy atom. The Kier molecular flexibility index (Phi) is 7.21. The molecule has 1 aliphatic rings. The zero-order chi connectivity index (χ0) is 12.5. The maximum Gasteiger partial charge on any atom is 0.323 e. The van der Waals surface area contributed by atoms with E-state index in [-0.39, 0.29) is 12.0 Å². The van der Waals surface area contributed by atoms with Gasteiger partial charge in [0.25, 0.3) is 0 Å². The van der Waals surface area contributed by atoms with Crippen molar-refractivity contribution in [3.05, 3.63) is 0 Å². The second-order valence-electron chi connectivity index (χ2n) is 4.58. The van der Waals surface area contributed by atoms with Crippen LogP contribution in [0.5, 0.6) is 0 Å². The Bertz CT molecular complexity index is 217. The van der Waals surface area contributed by atoms with Gasteiger partial charge in [-0.25, -0.2) is 0 Å². The first-order valence-electron chi connectivity index (χ1n) is 6.69. The normalized spacial score (nSPS) is 17.5. The molecule has 0 aromatic carbocycles. The average Bonchev–Trinajstić information content (AvgIpc) is 2.26. The maximum atomic E-state index is 11.5. The number of ether oxygens (including phenoxy) is 2. The zero-order valence-electron chi connectivity index (χ0n) is 11.0. The summed E-state index contributed by atoms with van der Waals surface area (Å²) in [7, 11) is 1.77. The van der Waals surface area contributed by atoms with Crippen LogP contribution in [0.15, 0.2) is 0 Å². The number of carbonyl (C=O) groups excluding carboxylic acids is 1. The molecule has 1 unspecified atom stereocenters. The van der Waals surface area contributed by atoms with Crippen LogP contribution in [0.2, 0.25) is 0 Å². The van der Waals surface area contributed by atoms with Gasteiger partial charge < -0.3 is 14.8 Å². The van der Waals surface area contributed by atoms with Gasteiger partial charge in [0.15, 0.2) is 0 Å². The Morgan fingerprint density at radius 2 is 2.18 bits per heavy atom. The van der Waals surface area contributed by atoms with Crippen LogP contribution in [0.25, 0.3) is 0 Å². The summed E-state index contributed by atoms with van der Waals surface area (Å²) in [6, 6.07) is -0.237. The second-order valence-corrected chi connectivity index (χ2v) is 4.58. The molecule has 0 spiro atoms. The molecule has 1 N–H and O–H groups in total. The molecule has 1 saturated carbocycles. The fourth-order valence-electron chi connectivity index (χ4n) is 1.96. The zero-order valence-corrected chi connectivity index (χ0v) is 11.0. The number of hydrogen-bond acceptors (Lipinski definition) is 4. The van der Waals surface area contributed by atoms with E-state index in [0.29, 0.717) is 19.6 Å². The van der Waals surface area contributed by atoms with E-state index < -0.39 is 0 Å². The lowest BCUT2D eigenvalue weighted by atomic mass is 9.83. The highest BCUT2D eigenvalue weighted by Crippen LogP contribution is 2.29. The van der Waals surface area contributed by atoms with E-state index in [2.05, 4.69) is 5.32 Å². The van der Waals surface area contributed by atoms with Gasteiger partial charge >= 0.3 is 5.97 Å². The molecule has 0 aromatic rings. The van der Waals surface area contributed by atoms with Crippen LogP contribution in [-0.4, -0.2) is 38.9 Å². The molecule has 17 heavy (non-hydrogen) atoms. The first-order valence-corrected chi connectivity index (χ1v) is 6.69. The Hall–Kier alpha value is -0.610. The smallest absolute Gasteiger partial charge is 0.323 e. The monoisotopic (exact) mass is 243 g/mol. The van der Waals surface area contributed by atoms with Crippen molar-refractivity contribution < 1.29 is 14.3 Å². The average molecular weight is 243 g/mol. The third-order valence-corrected chi connectivity index (χ3v) is 3.37. The quantitative estimate of drug-likeness (QED) is 0.495. The lowest BCUT2D eigenvalue weighted by molar-refractivity contribution is -0.146. The molecule has 100 valence electrons. The van der Waals surface area contributed by atoms with Crippen molar-refractivity contribution in [2.45, 2.75) is 45.1 Å². The van der Waals surface area contributed by atoms with E-state index in [4.69, 9.17) is 9.47 Å². The summed E-state index contributed by atoms with van der Waals surface area (Å²) in [4.78, 5) is 11.5. The number of hydrogen-bond donors (Lipinski definition) is 1. The standard InChI is InChI=1S/C13H25NO3/c1-3-17-13(15)12(14-2)8-10-16-9-7-11-5-4-6-11/h11-12,14H,3-10H2,1-2H3. The van der Waals surface area contributed by atoms with Crippen LogP contribution < -0.4 is 5.32 Å². The Labute approximate surface area is 104 Å². The van der Waals surface area contributed by atoms with Gasteiger partial charge in [-0.3, -0.25) is 4.79 Å². The Morgan fingerprint density at radius 1 is 1.41 bits per heavy atom. The van der Waals surface area contributed by atoms with Gasteiger partial charge in [0.1, 0.15) is 6.04 Å². The van der Waals surface area contributed by atoms with Crippen LogP contribution in [0.4, 0.5) is 0 Å². The fourth-order valence-corrected chi connectivity index (χ4v) is 1.96. The molecule has 0 aromatic heterocycles. The molecule has 0 bridgehead atoms. The van der Waals surface area contributed by atoms with Gasteiger partial charge in [-0.1, -0.05) is 19.3 Å². The minimum absolute atomic E-state index is 0.183. The van der Waals surface area contributed by atoms with E-state index in [9.17, 15) is 4.79 Å². The van der Waals surface area contributed by atoms with E-state index in [1.807, 2.05) is 6.92 Å². The lowest BCUT2D eigenvalue weighted by Crippen LogP contribution is -2.36. The Balaban J connectivity index is 2.00. The van der Waals surface area contributed by atoms with Gasteiger partial charge in [-0.15, -0.1) is 0 Å². The van der Waals surface area contributed by atoms with Crippen LogP contribution in [-0.2, 0) is 14.3 Å². The van der Waals surface area contributed by atoms with E-state index in [1.54, 1.807) is 7.05 Å². The summed E-state index contributed by atoms with van der Waals surface area (Å²) >= 11 is 0. The van der Waals surface area contributed by atoms with Crippen molar-refractivity contribution in [3.63, 3.8) is 0 Å². The summed E-state index contributed by atoms with van der Waals surface area (Å²) < 4.78 is 10.5. The van der Waals surface area contributed by atoms with Crippen molar-refractivity contribution in [2.75, 3.05) is 26.9 Å². The van der Waals surface area contributed by atoms with Gasteiger partial charge in [0.2, 0.25) is 0 Å². The number of rotatable bonds is 9. The first-order chi connectivity index (χ1) is 8.27. The SMILES string of the molecule is CCOC(=O)C(CCOCCC1CCC1)NC. The van der Waals surface area contributed by atoms with Crippen LogP contribution in [0.3, 0.4) is 0 Å². The third kappa shape index (κ3) is 5.50. The highest BCUT2D eigenvalue weighted by molar-refractivity contribution is 5.75. The summed E-state index contributed by atoms with van der Waals surface area (Å²) in [5.74, 6) is 0.706. The molecular weight excluding hydrogens is 218 g/mol. The van der Waals surface area contributed by atoms with Crippen molar-refractivity contribution in [1.29, 1.82) is 0 Å². The van der Waals surface area contributed by atoms with Gasteiger partial charge in [0.05, 0.1) is 6.61 Å². The second kappa shape index (κ2) is 8.48. The molecule has 0 radical (unpaired) electrons.